The summed E-state index contributed by atoms with van der Waals surface area (Å²) in [6.45, 7) is 6.64. The second-order valence-electron chi connectivity index (χ2n) is 4.01. The zero-order valence-electron chi connectivity index (χ0n) is 9.72. The van der Waals surface area contributed by atoms with Gasteiger partial charge in [0, 0.05) is 0 Å². The van der Waals surface area contributed by atoms with Gasteiger partial charge in [-0.25, -0.2) is 0 Å². The van der Waals surface area contributed by atoms with Crippen molar-refractivity contribution in [3.8, 4) is 0 Å². The summed E-state index contributed by atoms with van der Waals surface area (Å²) in [4.78, 5) is 13.6. The Morgan fingerprint density at radius 2 is 2.44 bits per heavy atom. The molecule has 0 aliphatic carbocycles. The van der Waals surface area contributed by atoms with Gasteiger partial charge in [0.05, 0.1) is 0 Å². The van der Waals surface area contributed by atoms with E-state index in [2.05, 4.69) is 6.58 Å². The molecule has 0 aromatic carbocycles. The van der Waals surface area contributed by atoms with E-state index in [1.54, 1.807) is 6.92 Å². The number of nitrogens with zero attached hydrogens (tertiary/aromatic N) is 1. The number of likely N-dealkylation sites (tertiary alicyclic amines) is 1. The fourth-order valence-electron chi connectivity index (χ4n) is 2.19. The van der Waals surface area contributed by atoms with Crippen molar-refractivity contribution < 1.29 is 14.2 Å². The Balaban J connectivity index is 2.60. The van der Waals surface area contributed by atoms with Crippen LogP contribution < -0.4 is 0 Å². The molecular weight excluding hydrogens is 205 g/mol. The second kappa shape index (κ2) is 6.58. The number of carbonyl (C=O) groups excluding carboxylic acids is 1. The average Bonchev–Trinajstić information content (AvgIpc) is 2.63. The van der Waals surface area contributed by atoms with Gasteiger partial charge in [0.15, 0.2) is 0 Å². The molecule has 1 rings (SSSR count). The van der Waals surface area contributed by atoms with Crippen LogP contribution in [0.5, 0.6) is 0 Å². The molecule has 0 N–H and O–H groups in total. The van der Waals surface area contributed by atoms with Crippen molar-refractivity contribution in [1.29, 1.82) is 0 Å². The molecule has 0 aromatic heterocycles. The summed E-state index contributed by atoms with van der Waals surface area (Å²) in [5, 5.41) is 0. The molecular formula is C11H18BNO3. The molecule has 1 saturated heterocycles. The van der Waals surface area contributed by atoms with Crippen LogP contribution in [0.2, 0.25) is 0 Å². The summed E-state index contributed by atoms with van der Waals surface area (Å²) in [5.41, 5.74) is 0. The molecule has 1 aliphatic heterocycles. The van der Waals surface area contributed by atoms with Crippen molar-refractivity contribution >= 4 is 13.1 Å². The van der Waals surface area contributed by atoms with Crippen molar-refractivity contribution in [3.05, 3.63) is 12.7 Å². The van der Waals surface area contributed by atoms with E-state index in [0.717, 1.165) is 26.5 Å². The molecule has 0 aromatic rings. The van der Waals surface area contributed by atoms with E-state index in [1.807, 2.05) is 11.0 Å². The Labute approximate surface area is 96.9 Å². The first-order chi connectivity index (χ1) is 7.72. The summed E-state index contributed by atoms with van der Waals surface area (Å²) >= 11 is 0. The normalized spacial score (nSPS) is 25.1. The van der Waals surface area contributed by atoms with E-state index >= 15 is 0 Å². The molecule has 0 amide bonds. The SMILES string of the molecule is C=CCC1C[C@@H](C(=O)OCC)N(CB=O)C1. The third kappa shape index (κ3) is 3.27. The van der Waals surface area contributed by atoms with Crippen molar-refractivity contribution in [1.82, 2.24) is 4.90 Å². The standard InChI is InChI=1S/C11H18BNO3/c1-3-5-9-6-10(11(14)16-4-2)13(7-9)8-12-15/h3,9-10H,1,4-8H2,2H3/t9?,10-/m0/s1. The second-order valence-corrected chi connectivity index (χ2v) is 4.01. The third-order valence-corrected chi connectivity index (χ3v) is 2.86. The molecule has 0 spiro atoms. The summed E-state index contributed by atoms with van der Waals surface area (Å²) in [5.74, 6) is 0.197. The van der Waals surface area contributed by atoms with Crippen LogP contribution in [-0.2, 0) is 14.2 Å². The van der Waals surface area contributed by atoms with Crippen LogP contribution in [0.4, 0.5) is 0 Å². The number of hydrogen-bond acceptors (Lipinski definition) is 4. The predicted molar refractivity (Wildman–Crippen MR) is 61.4 cm³/mol. The van der Waals surface area contributed by atoms with Crippen molar-refractivity contribution in [2.24, 2.45) is 5.92 Å². The van der Waals surface area contributed by atoms with E-state index in [4.69, 9.17) is 4.74 Å². The van der Waals surface area contributed by atoms with Gasteiger partial charge in [-0.1, -0.05) is 0 Å². The van der Waals surface area contributed by atoms with Crippen LogP contribution in [0.15, 0.2) is 12.7 Å². The van der Waals surface area contributed by atoms with Crippen molar-refractivity contribution in [3.63, 3.8) is 0 Å². The number of ether oxygens (including phenoxy) is 1. The summed E-state index contributed by atoms with van der Waals surface area (Å²) in [6, 6.07) is -0.255. The first-order valence-electron chi connectivity index (χ1n) is 5.68. The summed E-state index contributed by atoms with van der Waals surface area (Å²) in [7, 11) is 0.836. The number of allylic oxidation sites excluding steroid dienone is 1. The van der Waals surface area contributed by atoms with Gasteiger partial charge in [0.2, 0.25) is 0 Å². The fraction of sp³-hybridized carbons (Fsp3) is 0.727. The van der Waals surface area contributed by atoms with Gasteiger partial charge in [-0.15, -0.1) is 0 Å². The number of esters is 1. The van der Waals surface area contributed by atoms with E-state index in [9.17, 15) is 9.50 Å². The maximum atomic E-state index is 11.7. The molecule has 1 aliphatic rings. The van der Waals surface area contributed by atoms with Gasteiger partial charge < -0.3 is 0 Å². The minimum atomic E-state index is -0.255. The van der Waals surface area contributed by atoms with Gasteiger partial charge in [-0.05, 0) is 0 Å². The average molecular weight is 223 g/mol. The Hall–Kier alpha value is -0.965. The van der Waals surface area contributed by atoms with Crippen LogP contribution in [0.1, 0.15) is 19.8 Å². The molecule has 4 nitrogen and oxygen atoms in total. The van der Waals surface area contributed by atoms with Gasteiger partial charge >= 0.3 is 96.2 Å². The van der Waals surface area contributed by atoms with E-state index in [1.165, 1.54) is 0 Å². The van der Waals surface area contributed by atoms with E-state index in [0.29, 0.717) is 19.0 Å². The first kappa shape index (κ1) is 13.1. The Morgan fingerprint density at radius 3 is 3.00 bits per heavy atom. The topological polar surface area (TPSA) is 46.6 Å². The minimum absolute atomic E-state index is 0.212. The molecule has 88 valence electrons. The Bertz CT molecular complexity index is 270. The Kier molecular flexibility index (Phi) is 5.39. The number of hydrogen-bond donors (Lipinski definition) is 0. The van der Waals surface area contributed by atoms with E-state index in [-0.39, 0.29) is 12.0 Å². The molecule has 1 unspecified atom stereocenters. The molecule has 16 heavy (non-hydrogen) atoms. The summed E-state index contributed by atoms with van der Waals surface area (Å²) < 4.78 is 15.5. The zero-order chi connectivity index (χ0) is 12.0. The van der Waals surface area contributed by atoms with Crippen LogP contribution in [0.3, 0.4) is 0 Å². The quantitative estimate of drug-likeness (QED) is 0.380. The fourth-order valence-corrected chi connectivity index (χ4v) is 2.19. The van der Waals surface area contributed by atoms with Gasteiger partial charge in [-0.2, -0.15) is 0 Å². The Morgan fingerprint density at radius 1 is 1.69 bits per heavy atom. The number of rotatable bonds is 6. The van der Waals surface area contributed by atoms with Gasteiger partial charge in [0.1, 0.15) is 0 Å². The van der Waals surface area contributed by atoms with E-state index < -0.39 is 0 Å². The van der Waals surface area contributed by atoms with Crippen LogP contribution >= 0.6 is 0 Å². The van der Waals surface area contributed by atoms with Gasteiger partial charge in [-0.3, -0.25) is 0 Å². The molecule has 1 heterocycles. The molecule has 0 radical (unpaired) electrons. The molecule has 5 heteroatoms. The van der Waals surface area contributed by atoms with Crippen molar-refractivity contribution in [2.75, 3.05) is 19.6 Å². The van der Waals surface area contributed by atoms with Gasteiger partial charge in [0.25, 0.3) is 0 Å². The molecule has 2 atom stereocenters. The van der Waals surface area contributed by atoms with Crippen LogP contribution in [0.25, 0.3) is 0 Å². The first-order valence-corrected chi connectivity index (χ1v) is 5.68. The predicted octanol–water partition coefficient (Wildman–Crippen LogP) is 0.823. The summed E-state index contributed by atoms with van der Waals surface area (Å²) in [6.07, 6.45) is 3.80. The molecule has 0 saturated carbocycles. The van der Waals surface area contributed by atoms with Crippen molar-refractivity contribution in [2.45, 2.75) is 25.8 Å². The molecule has 0 bridgehead atoms. The molecule has 1 fully saturated rings. The number of carbonyl (C=O) groups is 1. The van der Waals surface area contributed by atoms with Crippen LogP contribution in [-0.4, -0.2) is 43.7 Å². The maximum absolute atomic E-state index is 11.7. The zero-order valence-corrected chi connectivity index (χ0v) is 9.72. The third-order valence-electron chi connectivity index (χ3n) is 2.86. The van der Waals surface area contributed by atoms with Crippen LogP contribution in [0, 0.1) is 5.92 Å². The monoisotopic (exact) mass is 223 g/mol.